The summed E-state index contributed by atoms with van der Waals surface area (Å²) in [5, 5.41) is 5.91. The van der Waals surface area contributed by atoms with E-state index in [0.29, 0.717) is 6.61 Å². The summed E-state index contributed by atoms with van der Waals surface area (Å²) in [7, 11) is 0. The average molecular weight is 479 g/mol. The number of pyridine rings is 1. The maximum atomic E-state index is 13.5. The molecule has 1 aliphatic heterocycles. The van der Waals surface area contributed by atoms with Crippen molar-refractivity contribution in [3.05, 3.63) is 65.6 Å². The second-order valence-corrected chi connectivity index (χ2v) is 7.30. The van der Waals surface area contributed by atoms with Crippen LogP contribution < -0.4 is 5.32 Å². The summed E-state index contributed by atoms with van der Waals surface area (Å²) in [5.74, 6) is -3.30. The van der Waals surface area contributed by atoms with Crippen molar-refractivity contribution in [2.45, 2.75) is 12.2 Å². The predicted molar refractivity (Wildman–Crippen MR) is 107 cm³/mol. The number of morpholine rings is 1. The van der Waals surface area contributed by atoms with E-state index < -0.39 is 29.8 Å². The van der Waals surface area contributed by atoms with Gasteiger partial charge in [-0.05, 0) is 30.3 Å². The average Bonchev–Trinajstić information content (AvgIpc) is 3.33. The Bertz CT molecular complexity index is 1180. The van der Waals surface area contributed by atoms with Crippen LogP contribution in [-0.2, 0) is 10.9 Å². The van der Waals surface area contributed by atoms with Crippen LogP contribution in [0.4, 0.5) is 17.6 Å². The molecule has 34 heavy (non-hydrogen) atoms. The summed E-state index contributed by atoms with van der Waals surface area (Å²) in [6, 6.07) is 7.45. The van der Waals surface area contributed by atoms with Crippen LogP contribution in [0.2, 0.25) is 0 Å². The van der Waals surface area contributed by atoms with Crippen molar-refractivity contribution in [3.8, 4) is 11.4 Å². The van der Waals surface area contributed by atoms with E-state index >= 15 is 0 Å². The lowest BCUT2D eigenvalue weighted by Crippen LogP contribution is -2.53. The summed E-state index contributed by atoms with van der Waals surface area (Å²) in [5.41, 5.74) is 0.303. The Morgan fingerprint density at radius 3 is 2.71 bits per heavy atom. The zero-order chi connectivity index (χ0) is 24.3. The molecule has 13 heteroatoms. The Morgan fingerprint density at radius 2 is 2.03 bits per heavy atom. The molecular weight excluding hydrogens is 462 g/mol. The molecule has 0 saturated carbocycles. The molecule has 3 heterocycles. The molecule has 3 aromatic rings. The highest BCUT2D eigenvalue weighted by Crippen LogP contribution is 2.29. The molecule has 1 aromatic carbocycles. The SMILES string of the molecule is O=C(NC[C@H]1COCCN1C(=O)c1cccc(F)c1)c1ccc(-c2noc(C(F)(F)F)n2)cn1. The Balaban J connectivity index is 1.39. The third kappa shape index (κ3) is 5.20. The molecule has 2 aromatic heterocycles. The Kier molecular flexibility index (Phi) is 6.54. The number of nitrogens with zero attached hydrogens (tertiary/aromatic N) is 4. The molecule has 1 N–H and O–H groups in total. The molecule has 1 fully saturated rings. The quantitative estimate of drug-likeness (QED) is 0.560. The number of hydrogen-bond acceptors (Lipinski definition) is 7. The van der Waals surface area contributed by atoms with Gasteiger partial charge in [0.25, 0.3) is 11.8 Å². The van der Waals surface area contributed by atoms with Gasteiger partial charge in [-0.1, -0.05) is 11.2 Å². The second-order valence-electron chi connectivity index (χ2n) is 7.30. The van der Waals surface area contributed by atoms with E-state index in [1.165, 1.54) is 35.2 Å². The first kappa shape index (κ1) is 23.3. The summed E-state index contributed by atoms with van der Waals surface area (Å²) in [4.78, 5) is 34.0. The standard InChI is InChI=1S/C21H17F4N5O4/c22-14-3-1-2-12(8-14)19(32)30-6-7-33-11-15(30)10-27-18(31)16-5-4-13(9-26-16)17-28-20(34-29-17)21(23,24)25/h1-5,8-9,15H,6-7,10-11H2,(H,27,31)/t15-/m0/s1. The van der Waals surface area contributed by atoms with Gasteiger partial charge in [-0.3, -0.25) is 14.6 Å². The fourth-order valence-electron chi connectivity index (χ4n) is 3.30. The van der Waals surface area contributed by atoms with Crippen LogP contribution in [0.3, 0.4) is 0 Å². The van der Waals surface area contributed by atoms with Gasteiger partial charge in [0.1, 0.15) is 11.5 Å². The van der Waals surface area contributed by atoms with Gasteiger partial charge >= 0.3 is 12.1 Å². The van der Waals surface area contributed by atoms with Crippen LogP contribution in [0, 0.1) is 5.82 Å². The molecule has 1 atom stereocenters. The number of ether oxygens (including phenoxy) is 1. The third-order valence-corrected chi connectivity index (χ3v) is 4.98. The molecule has 2 amide bonds. The van der Waals surface area contributed by atoms with Gasteiger partial charge in [-0.25, -0.2) is 4.39 Å². The number of carbonyl (C=O) groups excluding carboxylic acids is 2. The molecule has 4 rings (SSSR count). The number of hydrogen-bond donors (Lipinski definition) is 1. The molecule has 0 aliphatic carbocycles. The van der Waals surface area contributed by atoms with Crippen LogP contribution in [0.25, 0.3) is 11.4 Å². The van der Waals surface area contributed by atoms with Crippen LogP contribution in [0.15, 0.2) is 47.1 Å². The van der Waals surface area contributed by atoms with E-state index in [-0.39, 0.29) is 48.2 Å². The Labute approximate surface area is 189 Å². The van der Waals surface area contributed by atoms with E-state index in [1.54, 1.807) is 0 Å². The monoisotopic (exact) mass is 479 g/mol. The Hall–Kier alpha value is -3.87. The first-order chi connectivity index (χ1) is 16.2. The summed E-state index contributed by atoms with van der Waals surface area (Å²) in [6.45, 7) is 0.796. The normalized spacial score (nSPS) is 16.4. The lowest BCUT2D eigenvalue weighted by Gasteiger charge is -2.35. The number of nitrogens with one attached hydrogen (secondary N) is 1. The Morgan fingerprint density at radius 1 is 1.21 bits per heavy atom. The molecule has 0 bridgehead atoms. The highest BCUT2D eigenvalue weighted by molar-refractivity contribution is 5.95. The molecule has 1 saturated heterocycles. The van der Waals surface area contributed by atoms with Crippen molar-refractivity contribution < 1.29 is 36.4 Å². The molecular formula is C21H17F4N5O4. The van der Waals surface area contributed by atoms with Gasteiger partial charge in [-0.2, -0.15) is 18.2 Å². The van der Waals surface area contributed by atoms with Crippen LogP contribution in [0.5, 0.6) is 0 Å². The molecule has 0 spiro atoms. The minimum atomic E-state index is -4.77. The van der Waals surface area contributed by atoms with Crippen molar-refractivity contribution in [3.63, 3.8) is 0 Å². The number of alkyl halides is 3. The molecule has 0 radical (unpaired) electrons. The highest BCUT2D eigenvalue weighted by Gasteiger charge is 2.38. The highest BCUT2D eigenvalue weighted by atomic mass is 19.4. The number of halogens is 4. The van der Waals surface area contributed by atoms with Gasteiger partial charge in [-0.15, -0.1) is 0 Å². The van der Waals surface area contributed by atoms with Crippen molar-refractivity contribution in [2.24, 2.45) is 0 Å². The maximum absolute atomic E-state index is 13.5. The number of benzene rings is 1. The van der Waals surface area contributed by atoms with Gasteiger partial charge in [0.15, 0.2) is 0 Å². The number of carbonyl (C=O) groups is 2. The van der Waals surface area contributed by atoms with E-state index in [4.69, 9.17) is 4.74 Å². The fraction of sp³-hybridized carbons (Fsp3) is 0.286. The number of rotatable bonds is 5. The predicted octanol–water partition coefficient (Wildman–Crippen LogP) is 2.56. The first-order valence-corrected chi connectivity index (χ1v) is 10.0. The van der Waals surface area contributed by atoms with Crippen LogP contribution >= 0.6 is 0 Å². The second kappa shape index (κ2) is 9.55. The molecule has 9 nitrogen and oxygen atoms in total. The van der Waals surface area contributed by atoms with E-state index in [9.17, 15) is 27.2 Å². The van der Waals surface area contributed by atoms with Crippen molar-refractivity contribution >= 4 is 11.8 Å². The van der Waals surface area contributed by atoms with E-state index in [0.717, 1.165) is 12.3 Å². The molecule has 0 unspecified atom stereocenters. The first-order valence-electron chi connectivity index (χ1n) is 10.0. The van der Waals surface area contributed by atoms with Crippen LogP contribution in [-0.4, -0.2) is 64.2 Å². The molecule has 1 aliphatic rings. The summed E-state index contributed by atoms with van der Waals surface area (Å²) in [6.07, 6.45) is -3.63. The third-order valence-electron chi connectivity index (χ3n) is 4.98. The largest absolute Gasteiger partial charge is 0.471 e. The van der Waals surface area contributed by atoms with Gasteiger partial charge < -0.3 is 19.5 Å². The smallest absolute Gasteiger partial charge is 0.377 e. The minimum Gasteiger partial charge on any atom is -0.377 e. The lowest BCUT2D eigenvalue weighted by molar-refractivity contribution is -0.159. The van der Waals surface area contributed by atoms with Gasteiger partial charge in [0.2, 0.25) is 5.82 Å². The van der Waals surface area contributed by atoms with Gasteiger partial charge in [0.05, 0.1) is 19.3 Å². The number of amides is 2. The van der Waals surface area contributed by atoms with Crippen molar-refractivity contribution in [1.82, 2.24) is 25.3 Å². The van der Waals surface area contributed by atoms with Crippen molar-refractivity contribution in [1.29, 1.82) is 0 Å². The minimum absolute atomic E-state index is 0.0111. The van der Waals surface area contributed by atoms with Gasteiger partial charge in [0, 0.05) is 30.4 Å². The lowest BCUT2D eigenvalue weighted by atomic mass is 10.1. The molecule has 178 valence electrons. The zero-order valence-electron chi connectivity index (χ0n) is 17.4. The zero-order valence-corrected chi connectivity index (χ0v) is 17.4. The topological polar surface area (TPSA) is 110 Å². The van der Waals surface area contributed by atoms with Crippen LogP contribution in [0.1, 0.15) is 26.7 Å². The number of aromatic nitrogens is 3. The van der Waals surface area contributed by atoms with Crippen molar-refractivity contribution in [2.75, 3.05) is 26.3 Å². The van der Waals surface area contributed by atoms with E-state index in [1.807, 2.05) is 0 Å². The summed E-state index contributed by atoms with van der Waals surface area (Å²) >= 11 is 0. The maximum Gasteiger partial charge on any atom is 0.471 e. The summed E-state index contributed by atoms with van der Waals surface area (Å²) < 4.78 is 60.9. The fourth-order valence-corrected chi connectivity index (χ4v) is 3.30. The van der Waals surface area contributed by atoms with E-state index in [2.05, 4.69) is 25.0 Å².